The minimum Gasteiger partial charge on any atom is -0.343 e. The van der Waals surface area contributed by atoms with Crippen LogP contribution in [-0.2, 0) is 0 Å². The van der Waals surface area contributed by atoms with Crippen LogP contribution in [0.5, 0.6) is 0 Å². The van der Waals surface area contributed by atoms with Crippen molar-refractivity contribution in [3.8, 4) is 0 Å². The summed E-state index contributed by atoms with van der Waals surface area (Å²) >= 11 is 10.8. The van der Waals surface area contributed by atoms with Crippen LogP contribution in [0.2, 0.25) is 10.6 Å². The van der Waals surface area contributed by atoms with Gasteiger partial charge < -0.3 is 5.32 Å². The number of nitrogens with zero attached hydrogens (tertiary/aromatic N) is 3. The average Bonchev–Trinajstić information content (AvgIpc) is 1.99. The van der Waals surface area contributed by atoms with E-state index in [2.05, 4.69) is 15.0 Å². The molecule has 0 amide bonds. The Kier molecular flexibility index (Phi) is 3.56. The van der Waals surface area contributed by atoms with Crippen LogP contribution in [-0.4, -0.2) is 27.2 Å². The lowest BCUT2D eigenvalue weighted by Gasteiger charge is -2.16. The number of anilines is 1. The smallest absolute Gasteiger partial charge is 0.343 e. The second-order valence-electron chi connectivity index (χ2n) is 2.60. The van der Waals surface area contributed by atoms with Crippen LogP contribution in [0.25, 0.3) is 0 Å². The molecular formula is C6H5Cl2F3N4. The molecule has 0 aliphatic heterocycles. The molecule has 0 aromatic carbocycles. The van der Waals surface area contributed by atoms with Gasteiger partial charge in [-0.15, -0.1) is 0 Å². The van der Waals surface area contributed by atoms with Gasteiger partial charge in [0.15, 0.2) is 0 Å². The van der Waals surface area contributed by atoms with E-state index in [0.717, 1.165) is 6.92 Å². The van der Waals surface area contributed by atoms with Gasteiger partial charge in [-0.3, -0.25) is 0 Å². The van der Waals surface area contributed by atoms with Crippen LogP contribution in [0, 0.1) is 0 Å². The van der Waals surface area contributed by atoms with E-state index >= 15 is 0 Å². The molecule has 1 N–H and O–H groups in total. The van der Waals surface area contributed by atoms with E-state index in [4.69, 9.17) is 23.2 Å². The molecule has 15 heavy (non-hydrogen) atoms. The minimum absolute atomic E-state index is 0.271. The first kappa shape index (κ1) is 12.3. The zero-order chi connectivity index (χ0) is 11.6. The molecule has 9 heteroatoms. The minimum atomic E-state index is -4.40. The van der Waals surface area contributed by atoms with Crippen molar-refractivity contribution in [2.24, 2.45) is 0 Å². The maximum Gasteiger partial charge on any atom is 0.408 e. The van der Waals surface area contributed by atoms with Gasteiger partial charge in [0.1, 0.15) is 6.04 Å². The predicted molar refractivity (Wildman–Crippen MR) is 49.0 cm³/mol. The molecule has 1 atom stereocenters. The van der Waals surface area contributed by atoms with E-state index < -0.39 is 12.2 Å². The Hall–Kier alpha value is -0.820. The molecule has 0 saturated carbocycles. The Morgan fingerprint density at radius 3 is 2.00 bits per heavy atom. The fraction of sp³-hybridized carbons (Fsp3) is 0.500. The van der Waals surface area contributed by atoms with Crippen molar-refractivity contribution in [1.29, 1.82) is 0 Å². The fourth-order valence-electron chi connectivity index (χ4n) is 0.666. The van der Waals surface area contributed by atoms with Crippen molar-refractivity contribution in [3.05, 3.63) is 10.6 Å². The van der Waals surface area contributed by atoms with E-state index in [1.54, 1.807) is 0 Å². The third kappa shape index (κ3) is 3.67. The van der Waals surface area contributed by atoms with Crippen molar-refractivity contribution in [2.75, 3.05) is 5.32 Å². The first-order chi connectivity index (χ1) is 6.79. The van der Waals surface area contributed by atoms with Crippen LogP contribution < -0.4 is 5.32 Å². The Bertz CT molecular complexity index is 336. The van der Waals surface area contributed by atoms with Gasteiger partial charge in [0, 0.05) is 0 Å². The lowest BCUT2D eigenvalue weighted by atomic mass is 10.3. The quantitative estimate of drug-likeness (QED) is 0.888. The summed E-state index contributed by atoms with van der Waals surface area (Å²) in [6.45, 7) is 0.922. The Balaban J connectivity index is 2.81. The van der Waals surface area contributed by atoms with E-state index in [1.807, 2.05) is 5.32 Å². The summed E-state index contributed by atoms with van der Waals surface area (Å²) in [6.07, 6.45) is -4.40. The molecule has 1 rings (SSSR count). The first-order valence-electron chi connectivity index (χ1n) is 3.69. The highest BCUT2D eigenvalue weighted by Crippen LogP contribution is 2.22. The van der Waals surface area contributed by atoms with Crippen molar-refractivity contribution in [1.82, 2.24) is 15.0 Å². The summed E-state index contributed by atoms with van der Waals surface area (Å²) in [6, 6.07) is -1.80. The maximum atomic E-state index is 12.1. The Labute approximate surface area is 92.8 Å². The van der Waals surface area contributed by atoms with E-state index in [1.165, 1.54) is 0 Å². The van der Waals surface area contributed by atoms with Crippen LogP contribution in [0.3, 0.4) is 0 Å². The SMILES string of the molecule is CC(Nc1nc(Cl)nc(Cl)n1)C(F)(F)F. The number of halogens is 5. The number of aromatic nitrogens is 3. The zero-order valence-electron chi connectivity index (χ0n) is 7.31. The summed E-state index contributed by atoms with van der Waals surface area (Å²) in [7, 11) is 0. The molecular weight excluding hydrogens is 256 g/mol. The van der Waals surface area contributed by atoms with E-state index in [9.17, 15) is 13.2 Å². The van der Waals surface area contributed by atoms with Crippen LogP contribution in [0.15, 0.2) is 0 Å². The molecule has 0 aliphatic carbocycles. The molecule has 0 fully saturated rings. The molecule has 0 bridgehead atoms. The number of hydrogen-bond acceptors (Lipinski definition) is 4. The van der Waals surface area contributed by atoms with Crippen LogP contribution in [0.1, 0.15) is 6.92 Å². The molecule has 84 valence electrons. The second-order valence-corrected chi connectivity index (χ2v) is 3.28. The lowest BCUT2D eigenvalue weighted by molar-refractivity contribution is -0.138. The Morgan fingerprint density at radius 1 is 1.13 bits per heavy atom. The van der Waals surface area contributed by atoms with E-state index in [-0.39, 0.29) is 16.5 Å². The van der Waals surface area contributed by atoms with Crippen molar-refractivity contribution >= 4 is 29.2 Å². The molecule has 0 aliphatic rings. The summed E-state index contributed by atoms with van der Waals surface area (Å²) in [5.41, 5.74) is 0. The molecule has 1 aromatic heterocycles. The maximum absolute atomic E-state index is 12.1. The van der Waals surface area contributed by atoms with Crippen molar-refractivity contribution in [3.63, 3.8) is 0 Å². The Morgan fingerprint density at radius 2 is 1.60 bits per heavy atom. The summed E-state index contributed by atoms with van der Waals surface area (Å²) < 4.78 is 36.4. The molecule has 0 radical (unpaired) electrons. The highest BCUT2D eigenvalue weighted by atomic mass is 35.5. The molecule has 1 heterocycles. The van der Waals surface area contributed by atoms with Gasteiger partial charge in [-0.1, -0.05) is 0 Å². The second kappa shape index (κ2) is 4.36. The van der Waals surface area contributed by atoms with Crippen LogP contribution >= 0.6 is 23.2 Å². The summed E-state index contributed by atoms with van der Waals surface area (Å²) in [5, 5.41) is 1.46. The standard InChI is InChI=1S/C6H5Cl2F3N4/c1-2(6(9,10)11)12-5-14-3(7)13-4(8)15-5/h2H,1H3,(H,12,13,14,15). The third-order valence-corrected chi connectivity index (χ3v) is 1.76. The molecule has 4 nitrogen and oxygen atoms in total. The highest BCUT2D eigenvalue weighted by Gasteiger charge is 2.36. The van der Waals surface area contributed by atoms with Gasteiger partial charge in [0.25, 0.3) is 0 Å². The van der Waals surface area contributed by atoms with Crippen LogP contribution in [0.4, 0.5) is 19.1 Å². The van der Waals surface area contributed by atoms with Crippen molar-refractivity contribution in [2.45, 2.75) is 19.1 Å². The largest absolute Gasteiger partial charge is 0.408 e. The van der Waals surface area contributed by atoms with Gasteiger partial charge in [-0.25, -0.2) is 0 Å². The van der Waals surface area contributed by atoms with Gasteiger partial charge in [-0.2, -0.15) is 28.1 Å². The number of nitrogens with one attached hydrogen (secondary N) is 1. The normalized spacial score (nSPS) is 13.7. The first-order valence-corrected chi connectivity index (χ1v) is 4.45. The molecule has 1 aromatic rings. The molecule has 1 unspecified atom stereocenters. The summed E-state index contributed by atoms with van der Waals surface area (Å²) in [4.78, 5) is 10.3. The van der Waals surface area contributed by atoms with Gasteiger partial charge in [0.05, 0.1) is 0 Å². The third-order valence-electron chi connectivity index (χ3n) is 1.42. The monoisotopic (exact) mass is 260 g/mol. The number of hydrogen-bond donors (Lipinski definition) is 1. The highest BCUT2D eigenvalue weighted by molar-refractivity contribution is 6.31. The lowest BCUT2D eigenvalue weighted by Crippen LogP contribution is -2.33. The predicted octanol–water partition coefficient (Wildman–Crippen LogP) is 2.54. The molecule has 0 spiro atoms. The number of rotatable bonds is 2. The summed E-state index contributed by atoms with van der Waals surface area (Å²) in [5.74, 6) is -0.315. The number of alkyl halides is 3. The van der Waals surface area contributed by atoms with Gasteiger partial charge >= 0.3 is 6.18 Å². The van der Waals surface area contributed by atoms with Gasteiger partial charge in [0.2, 0.25) is 16.5 Å². The van der Waals surface area contributed by atoms with E-state index in [0.29, 0.717) is 0 Å². The molecule has 0 saturated heterocycles. The zero-order valence-corrected chi connectivity index (χ0v) is 8.82. The fourth-order valence-corrected chi connectivity index (χ4v) is 1.03. The topological polar surface area (TPSA) is 50.7 Å². The van der Waals surface area contributed by atoms with Gasteiger partial charge in [-0.05, 0) is 30.1 Å². The average molecular weight is 261 g/mol. The van der Waals surface area contributed by atoms with Crippen molar-refractivity contribution < 1.29 is 13.2 Å².